The Balaban J connectivity index is 1.97. The largest absolute Gasteiger partial charge is 0.497 e. The van der Waals surface area contributed by atoms with E-state index in [4.69, 9.17) is 9.15 Å². The molecule has 0 aliphatic rings. The summed E-state index contributed by atoms with van der Waals surface area (Å²) in [6.45, 7) is 3.63. The minimum Gasteiger partial charge on any atom is -0.497 e. The van der Waals surface area contributed by atoms with Crippen molar-refractivity contribution in [3.63, 3.8) is 0 Å². The van der Waals surface area contributed by atoms with Gasteiger partial charge < -0.3 is 9.15 Å². The second kappa shape index (κ2) is 8.02. The summed E-state index contributed by atoms with van der Waals surface area (Å²) in [5.74, 6) is 1.20. The van der Waals surface area contributed by atoms with E-state index in [-0.39, 0.29) is 22.9 Å². The highest BCUT2D eigenvalue weighted by molar-refractivity contribution is 7.91. The number of furan rings is 1. The molecule has 28 heavy (non-hydrogen) atoms. The Morgan fingerprint density at radius 2 is 1.61 bits per heavy atom. The van der Waals surface area contributed by atoms with Gasteiger partial charge in [-0.3, -0.25) is 4.79 Å². The van der Waals surface area contributed by atoms with Crippen LogP contribution in [0.3, 0.4) is 0 Å². The van der Waals surface area contributed by atoms with Gasteiger partial charge in [0.15, 0.2) is 15.6 Å². The minimum absolute atomic E-state index is 0.166. The summed E-state index contributed by atoms with van der Waals surface area (Å²) >= 11 is 0. The molecule has 0 bridgehead atoms. The van der Waals surface area contributed by atoms with Crippen molar-refractivity contribution in [2.24, 2.45) is 0 Å². The number of ether oxygens (including phenoxy) is 1. The van der Waals surface area contributed by atoms with E-state index in [0.717, 1.165) is 5.56 Å². The van der Waals surface area contributed by atoms with E-state index >= 15 is 0 Å². The Morgan fingerprint density at radius 3 is 2.14 bits per heavy atom. The summed E-state index contributed by atoms with van der Waals surface area (Å²) in [5, 5.41) is -1.10. The fraction of sp³-hybridized carbons (Fsp3) is 0.227. The summed E-state index contributed by atoms with van der Waals surface area (Å²) in [4.78, 5) is 13.0. The summed E-state index contributed by atoms with van der Waals surface area (Å²) in [6.07, 6.45) is -0.213. The molecule has 1 atom stereocenters. The lowest BCUT2D eigenvalue weighted by atomic mass is 10.1. The standard InChI is InChI=1S/C22H22O5S/c1-15-4-11-19(12-5-15)28(24,25)22(21-13-6-16(2)27-21)14-20(23)17-7-9-18(26-3)10-8-17/h4-13,22H,14H2,1-3H3. The maximum absolute atomic E-state index is 13.3. The smallest absolute Gasteiger partial charge is 0.188 e. The van der Waals surface area contributed by atoms with Crippen LogP contribution in [-0.4, -0.2) is 21.3 Å². The van der Waals surface area contributed by atoms with Gasteiger partial charge in [-0.15, -0.1) is 0 Å². The molecule has 3 rings (SSSR count). The van der Waals surface area contributed by atoms with E-state index in [1.807, 2.05) is 6.92 Å². The number of hydrogen-bond acceptors (Lipinski definition) is 5. The van der Waals surface area contributed by atoms with Crippen LogP contribution < -0.4 is 4.74 Å². The summed E-state index contributed by atoms with van der Waals surface area (Å²) in [5.41, 5.74) is 1.38. The van der Waals surface area contributed by atoms with Crippen LogP contribution in [0.4, 0.5) is 0 Å². The highest BCUT2D eigenvalue weighted by Gasteiger charge is 2.34. The van der Waals surface area contributed by atoms with Crippen LogP contribution in [0.5, 0.6) is 5.75 Å². The number of carbonyl (C=O) groups excluding carboxylic acids is 1. The molecule has 0 aliphatic carbocycles. The van der Waals surface area contributed by atoms with Gasteiger partial charge in [-0.2, -0.15) is 0 Å². The molecule has 0 radical (unpaired) electrons. The van der Waals surface area contributed by atoms with Crippen LogP contribution in [0.1, 0.15) is 39.1 Å². The lowest BCUT2D eigenvalue weighted by Gasteiger charge is -2.16. The average molecular weight is 398 g/mol. The third-order valence-corrected chi connectivity index (χ3v) is 6.66. The molecule has 0 aliphatic heterocycles. The normalized spacial score (nSPS) is 12.5. The van der Waals surface area contributed by atoms with E-state index in [9.17, 15) is 13.2 Å². The molecule has 1 aromatic heterocycles. The van der Waals surface area contributed by atoms with E-state index in [1.165, 1.54) is 0 Å². The highest BCUT2D eigenvalue weighted by atomic mass is 32.2. The first-order valence-corrected chi connectivity index (χ1v) is 10.4. The van der Waals surface area contributed by atoms with E-state index in [2.05, 4.69) is 0 Å². The van der Waals surface area contributed by atoms with Gasteiger partial charge in [0.25, 0.3) is 0 Å². The van der Waals surface area contributed by atoms with Crippen molar-refractivity contribution in [1.82, 2.24) is 0 Å². The van der Waals surface area contributed by atoms with Crippen LogP contribution in [0.15, 0.2) is 70.0 Å². The molecule has 0 spiro atoms. The van der Waals surface area contributed by atoms with Gasteiger partial charge in [0.2, 0.25) is 0 Å². The van der Waals surface area contributed by atoms with Crippen molar-refractivity contribution in [2.45, 2.75) is 30.4 Å². The van der Waals surface area contributed by atoms with Gasteiger partial charge in [-0.1, -0.05) is 17.7 Å². The molecule has 0 N–H and O–H groups in total. The number of rotatable bonds is 7. The number of Topliss-reactive ketones (excluding diaryl/α,β-unsaturated/α-hetero) is 1. The van der Waals surface area contributed by atoms with Gasteiger partial charge >= 0.3 is 0 Å². The zero-order valence-electron chi connectivity index (χ0n) is 16.0. The van der Waals surface area contributed by atoms with Crippen LogP contribution in [0.25, 0.3) is 0 Å². The van der Waals surface area contributed by atoms with Crippen molar-refractivity contribution >= 4 is 15.6 Å². The molecule has 0 amide bonds. The lowest BCUT2D eigenvalue weighted by Crippen LogP contribution is -2.17. The predicted molar refractivity (Wildman–Crippen MR) is 106 cm³/mol. The maximum atomic E-state index is 13.3. The van der Waals surface area contributed by atoms with Crippen molar-refractivity contribution in [2.75, 3.05) is 7.11 Å². The predicted octanol–water partition coefficient (Wildman–Crippen LogP) is 4.69. The number of benzene rings is 2. The third-order valence-electron chi connectivity index (χ3n) is 4.59. The maximum Gasteiger partial charge on any atom is 0.188 e. The number of carbonyl (C=O) groups is 1. The van der Waals surface area contributed by atoms with Gasteiger partial charge in [0, 0.05) is 12.0 Å². The van der Waals surface area contributed by atoms with E-state index in [0.29, 0.717) is 17.1 Å². The molecule has 1 heterocycles. The molecule has 0 saturated carbocycles. The monoisotopic (exact) mass is 398 g/mol. The highest BCUT2D eigenvalue weighted by Crippen LogP contribution is 2.34. The molecular weight excluding hydrogens is 376 g/mol. The SMILES string of the molecule is COc1ccc(C(=O)CC(c2ccc(C)o2)S(=O)(=O)c2ccc(C)cc2)cc1. The Morgan fingerprint density at radius 1 is 0.964 bits per heavy atom. The summed E-state index contributed by atoms with van der Waals surface area (Å²) in [7, 11) is -2.27. The molecule has 146 valence electrons. The Kier molecular flexibility index (Phi) is 5.70. The number of ketones is 1. The van der Waals surface area contributed by atoms with Crippen molar-refractivity contribution < 1.29 is 22.4 Å². The molecule has 3 aromatic rings. The first-order valence-electron chi connectivity index (χ1n) is 8.85. The van der Waals surface area contributed by atoms with E-state index < -0.39 is 15.1 Å². The quantitative estimate of drug-likeness (QED) is 0.540. The Hall–Kier alpha value is -2.86. The Bertz CT molecular complexity index is 1060. The molecule has 6 heteroatoms. The fourth-order valence-electron chi connectivity index (χ4n) is 2.95. The number of hydrogen-bond donors (Lipinski definition) is 0. The van der Waals surface area contributed by atoms with Crippen LogP contribution in [0, 0.1) is 13.8 Å². The average Bonchev–Trinajstić information content (AvgIpc) is 3.12. The summed E-state index contributed by atoms with van der Waals surface area (Å²) in [6, 6.07) is 16.5. The van der Waals surface area contributed by atoms with Crippen LogP contribution >= 0.6 is 0 Å². The first kappa shape index (κ1) is 19.9. The third kappa shape index (κ3) is 4.17. The number of sulfone groups is 1. The second-order valence-electron chi connectivity index (χ2n) is 6.65. The van der Waals surface area contributed by atoms with E-state index in [1.54, 1.807) is 74.7 Å². The molecule has 0 fully saturated rings. The molecule has 2 aromatic carbocycles. The van der Waals surface area contributed by atoms with Gasteiger partial charge in [-0.25, -0.2) is 8.42 Å². The number of methoxy groups -OCH3 is 1. The fourth-order valence-corrected chi connectivity index (χ4v) is 4.59. The molecule has 1 unspecified atom stereocenters. The number of aryl methyl sites for hydroxylation is 2. The topological polar surface area (TPSA) is 73.6 Å². The molecular formula is C22H22O5S. The van der Waals surface area contributed by atoms with Gasteiger partial charge in [0.1, 0.15) is 22.5 Å². The first-order chi connectivity index (χ1) is 13.3. The second-order valence-corrected chi connectivity index (χ2v) is 8.78. The van der Waals surface area contributed by atoms with Crippen LogP contribution in [0.2, 0.25) is 0 Å². The van der Waals surface area contributed by atoms with Crippen molar-refractivity contribution in [3.05, 3.63) is 83.3 Å². The van der Waals surface area contributed by atoms with Crippen molar-refractivity contribution in [1.29, 1.82) is 0 Å². The van der Waals surface area contributed by atoms with Gasteiger partial charge in [0.05, 0.1) is 12.0 Å². The lowest BCUT2D eigenvalue weighted by molar-refractivity contribution is 0.0978. The molecule has 5 nitrogen and oxygen atoms in total. The van der Waals surface area contributed by atoms with Crippen LogP contribution in [-0.2, 0) is 9.84 Å². The Labute approximate surface area is 164 Å². The zero-order valence-corrected chi connectivity index (χ0v) is 16.8. The molecule has 0 saturated heterocycles. The van der Waals surface area contributed by atoms with Gasteiger partial charge in [-0.05, 0) is 62.4 Å². The summed E-state index contributed by atoms with van der Waals surface area (Å²) < 4.78 is 37.3. The minimum atomic E-state index is -3.81. The van der Waals surface area contributed by atoms with Crippen molar-refractivity contribution in [3.8, 4) is 5.75 Å². The zero-order chi connectivity index (χ0) is 20.3.